The second-order valence-corrected chi connectivity index (χ2v) is 11.8. The highest BCUT2D eigenvalue weighted by Gasteiger charge is 2.56. The van der Waals surface area contributed by atoms with Gasteiger partial charge in [-0.1, -0.05) is 30.3 Å². The number of ether oxygens (including phenoxy) is 4. The van der Waals surface area contributed by atoms with Crippen LogP contribution in [-0.4, -0.2) is 73.7 Å². The van der Waals surface area contributed by atoms with Crippen LogP contribution in [0.15, 0.2) is 60.7 Å². The largest absolute Gasteiger partial charge is 0.493 e. The van der Waals surface area contributed by atoms with Gasteiger partial charge >= 0.3 is 0 Å². The summed E-state index contributed by atoms with van der Waals surface area (Å²) in [7, 11) is 4.83. The third-order valence-electron chi connectivity index (χ3n) is 8.89. The van der Waals surface area contributed by atoms with Gasteiger partial charge in [-0.2, -0.15) is 0 Å². The first-order chi connectivity index (χ1) is 21.2. The van der Waals surface area contributed by atoms with E-state index in [1.807, 2.05) is 75.4 Å². The number of hydrogen-bond donors (Lipinski definition) is 1. The smallest absolute Gasteiger partial charge is 0.254 e. The highest BCUT2D eigenvalue weighted by molar-refractivity contribution is 6.01. The van der Waals surface area contributed by atoms with Crippen LogP contribution in [0.3, 0.4) is 0 Å². The van der Waals surface area contributed by atoms with Gasteiger partial charge in [0.15, 0.2) is 28.5 Å². The molecule has 3 heterocycles. The Balaban J connectivity index is 1.38. The maximum atomic E-state index is 14.4. The molecule has 1 N–H and O–H groups in total. The minimum atomic E-state index is -1.18. The topological polar surface area (TPSA) is 93.3 Å². The number of carbonyl (C=O) groups excluding carboxylic acids is 2. The van der Waals surface area contributed by atoms with Crippen molar-refractivity contribution in [3.8, 4) is 23.0 Å². The molecule has 0 radical (unpaired) electrons. The van der Waals surface area contributed by atoms with E-state index in [-0.39, 0.29) is 30.4 Å². The maximum absolute atomic E-state index is 14.4. The van der Waals surface area contributed by atoms with Gasteiger partial charge in [0.25, 0.3) is 5.91 Å². The first-order valence-corrected chi connectivity index (χ1v) is 15.0. The van der Waals surface area contributed by atoms with E-state index >= 15 is 0 Å². The summed E-state index contributed by atoms with van der Waals surface area (Å²) in [4.78, 5) is 35.4. The zero-order valence-corrected chi connectivity index (χ0v) is 26.1. The molecule has 6 rings (SSSR count). The number of para-hydroxylation sites is 1. The molecule has 44 heavy (non-hydrogen) atoms. The Kier molecular flexibility index (Phi) is 7.65. The second-order valence-electron chi connectivity index (χ2n) is 11.8. The molecule has 2 unspecified atom stereocenters. The third-order valence-corrected chi connectivity index (χ3v) is 8.89. The Morgan fingerprint density at radius 3 is 2.34 bits per heavy atom. The number of methoxy groups -OCH3 is 3. The number of nitrogens with one attached hydrogen (secondary N) is 1. The zero-order chi connectivity index (χ0) is 31.2. The molecule has 9 nitrogen and oxygen atoms in total. The van der Waals surface area contributed by atoms with Crippen molar-refractivity contribution >= 4 is 22.7 Å². The average molecular weight is 598 g/mol. The molecule has 2 amide bonds. The van der Waals surface area contributed by atoms with E-state index < -0.39 is 5.54 Å². The molecule has 0 saturated carbocycles. The minimum Gasteiger partial charge on any atom is -0.493 e. The molecule has 4 aromatic rings. The van der Waals surface area contributed by atoms with Crippen LogP contribution in [0.2, 0.25) is 0 Å². The summed E-state index contributed by atoms with van der Waals surface area (Å²) in [6.07, 6.45) is 0.569. The third kappa shape index (κ3) is 4.80. The standard InChI is InChI=1S/C35H39N3O6/c1-21(2)44-28-14-12-23(18-30(28)43-6)25-19-38-31(39)20-37(16-15-22-11-13-27(41-4)29(17-22)42-5)34(40)35(38,3)33-32(25)24-9-7-8-10-26(24)36-33/h7-14,17-18,21,25,36H,15-16,19-20H2,1-6H3. The van der Waals surface area contributed by atoms with E-state index in [4.69, 9.17) is 18.9 Å². The predicted octanol–water partition coefficient (Wildman–Crippen LogP) is 5.26. The van der Waals surface area contributed by atoms with Crippen LogP contribution in [0.5, 0.6) is 23.0 Å². The van der Waals surface area contributed by atoms with E-state index in [0.717, 1.165) is 33.3 Å². The summed E-state index contributed by atoms with van der Waals surface area (Å²) in [6, 6.07) is 19.7. The van der Waals surface area contributed by atoms with E-state index in [2.05, 4.69) is 11.1 Å². The lowest BCUT2D eigenvalue weighted by molar-refractivity contribution is -0.166. The molecule has 0 aliphatic carbocycles. The van der Waals surface area contributed by atoms with Gasteiger partial charge in [-0.15, -0.1) is 0 Å². The highest BCUT2D eigenvalue weighted by Crippen LogP contribution is 2.49. The number of aromatic amines is 1. The monoisotopic (exact) mass is 597 g/mol. The predicted molar refractivity (Wildman–Crippen MR) is 168 cm³/mol. The van der Waals surface area contributed by atoms with Crippen LogP contribution in [-0.2, 0) is 21.5 Å². The Hall–Kier alpha value is -4.66. The van der Waals surface area contributed by atoms with Crippen molar-refractivity contribution in [3.63, 3.8) is 0 Å². The maximum Gasteiger partial charge on any atom is 0.254 e. The van der Waals surface area contributed by atoms with E-state index in [0.29, 0.717) is 42.5 Å². The van der Waals surface area contributed by atoms with Crippen molar-refractivity contribution in [1.29, 1.82) is 0 Å². The lowest BCUT2D eigenvalue weighted by atomic mass is 9.76. The number of carbonyl (C=O) groups is 2. The van der Waals surface area contributed by atoms with Crippen molar-refractivity contribution in [3.05, 3.63) is 83.0 Å². The van der Waals surface area contributed by atoms with Crippen LogP contribution in [0.1, 0.15) is 49.1 Å². The van der Waals surface area contributed by atoms with Crippen molar-refractivity contribution in [2.24, 2.45) is 0 Å². The molecule has 0 spiro atoms. The first-order valence-electron chi connectivity index (χ1n) is 15.0. The fraction of sp³-hybridized carbons (Fsp3) is 0.371. The summed E-state index contributed by atoms with van der Waals surface area (Å²) in [6.45, 7) is 6.62. The Morgan fingerprint density at radius 1 is 0.909 bits per heavy atom. The molecule has 2 atom stereocenters. The Bertz CT molecular complexity index is 1730. The molecule has 2 aliphatic heterocycles. The first kappa shape index (κ1) is 29.4. The summed E-state index contributed by atoms with van der Waals surface area (Å²) in [5.41, 5.74) is 3.52. The number of piperazine rings is 1. The number of benzene rings is 3. The number of fused-ring (bicyclic) bond motifs is 5. The minimum absolute atomic E-state index is 0.00274. The molecule has 0 bridgehead atoms. The van der Waals surface area contributed by atoms with Crippen molar-refractivity contribution in [2.45, 2.75) is 44.8 Å². The number of H-pyrrole nitrogens is 1. The van der Waals surface area contributed by atoms with Gasteiger partial charge in [0.05, 0.1) is 39.7 Å². The lowest BCUT2D eigenvalue weighted by Gasteiger charge is -2.51. The average Bonchev–Trinajstić information content (AvgIpc) is 3.43. The van der Waals surface area contributed by atoms with Crippen LogP contribution in [0.4, 0.5) is 0 Å². The lowest BCUT2D eigenvalue weighted by Crippen LogP contribution is -2.67. The fourth-order valence-corrected chi connectivity index (χ4v) is 6.71. The summed E-state index contributed by atoms with van der Waals surface area (Å²) >= 11 is 0. The normalized spacial score (nSPS) is 19.7. The van der Waals surface area contributed by atoms with Gasteiger partial charge in [-0.05, 0) is 74.2 Å². The molecular weight excluding hydrogens is 558 g/mol. The number of aromatic nitrogens is 1. The van der Waals surface area contributed by atoms with Crippen LogP contribution in [0, 0.1) is 0 Å². The number of rotatable bonds is 9. The van der Waals surface area contributed by atoms with Crippen LogP contribution < -0.4 is 18.9 Å². The highest BCUT2D eigenvalue weighted by atomic mass is 16.5. The SMILES string of the molecule is COc1ccc(CCN2CC(=O)N3CC(c4ccc(OC(C)C)c(OC)c4)c4c([nH]c5ccccc45)C3(C)C2=O)cc1OC. The molecule has 230 valence electrons. The summed E-state index contributed by atoms with van der Waals surface area (Å²) < 4.78 is 22.5. The van der Waals surface area contributed by atoms with Gasteiger partial charge < -0.3 is 33.7 Å². The molecule has 9 heteroatoms. The summed E-state index contributed by atoms with van der Waals surface area (Å²) in [5, 5.41) is 1.04. The van der Waals surface area contributed by atoms with E-state index in [1.54, 1.807) is 31.1 Å². The fourth-order valence-electron chi connectivity index (χ4n) is 6.71. The van der Waals surface area contributed by atoms with Gasteiger partial charge in [0, 0.05) is 29.9 Å². The van der Waals surface area contributed by atoms with Crippen molar-refractivity contribution in [1.82, 2.24) is 14.8 Å². The molecule has 3 aromatic carbocycles. The van der Waals surface area contributed by atoms with Crippen LogP contribution in [0.25, 0.3) is 10.9 Å². The summed E-state index contributed by atoms with van der Waals surface area (Å²) in [5.74, 6) is 2.22. The zero-order valence-electron chi connectivity index (χ0n) is 26.1. The quantitative estimate of drug-likeness (QED) is 0.283. The number of amides is 2. The number of nitrogens with zero attached hydrogens (tertiary/aromatic N) is 2. The van der Waals surface area contributed by atoms with Gasteiger partial charge in [-0.3, -0.25) is 9.59 Å². The van der Waals surface area contributed by atoms with Crippen molar-refractivity contribution in [2.75, 3.05) is 41.0 Å². The van der Waals surface area contributed by atoms with Gasteiger partial charge in [0.2, 0.25) is 5.91 Å². The Labute approximate surface area is 257 Å². The molecule has 2 aliphatic rings. The molecule has 1 aromatic heterocycles. The van der Waals surface area contributed by atoms with E-state index in [1.165, 1.54) is 0 Å². The molecular formula is C35H39N3O6. The Morgan fingerprint density at radius 2 is 1.61 bits per heavy atom. The van der Waals surface area contributed by atoms with Gasteiger partial charge in [-0.25, -0.2) is 0 Å². The van der Waals surface area contributed by atoms with E-state index in [9.17, 15) is 9.59 Å². The van der Waals surface area contributed by atoms with Crippen LogP contribution >= 0.6 is 0 Å². The van der Waals surface area contributed by atoms with Gasteiger partial charge in [0.1, 0.15) is 0 Å². The second kappa shape index (κ2) is 11.4. The molecule has 1 fully saturated rings. The van der Waals surface area contributed by atoms with Crippen molar-refractivity contribution < 1.29 is 28.5 Å². The molecule has 1 saturated heterocycles. The number of hydrogen-bond acceptors (Lipinski definition) is 6.